The molecule has 1 N–H and O–H groups in total. The van der Waals surface area contributed by atoms with Gasteiger partial charge in [-0.2, -0.15) is 0 Å². The number of nitrogens with zero attached hydrogens (tertiary/aromatic N) is 1. The van der Waals surface area contributed by atoms with Gasteiger partial charge in [0.25, 0.3) is 0 Å². The SMILES string of the molecule is COc1c(C)cnc(CNC(=O)C2(S(=O)(=O)c3ccc(Cl)cc3)CCCC2)c1C. The second-order valence-electron chi connectivity index (χ2n) is 7.39. The lowest BCUT2D eigenvalue weighted by atomic mass is 10.1. The third-order valence-electron chi connectivity index (χ3n) is 5.63. The molecule has 0 saturated heterocycles. The highest BCUT2D eigenvalue weighted by Crippen LogP contribution is 2.41. The molecule has 0 atom stereocenters. The zero-order valence-electron chi connectivity index (χ0n) is 16.8. The first-order valence-corrected chi connectivity index (χ1v) is 11.4. The molecule has 1 saturated carbocycles. The summed E-state index contributed by atoms with van der Waals surface area (Å²) in [6.07, 6.45) is 3.66. The summed E-state index contributed by atoms with van der Waals surface area (Å²) in [5.74, 6) is 0.235. The predicted octanol–water partition coefficient (Wildman–Crippen LogP) is 3.76. The Kier molecular flexibility index (Phi) is 6.19. The number of hydrogen-bond donors (Lipinski definition) is 1. The number of carbonyl (C=O) groups is 1. The molecule has 0 aliphatic heterocycles. The summed E-state index contributed by atoms with van der Waals surface area (Å²) in [5, 5.41) is 3.27. The second-order valence-corrected chi connectivity index (χ2v) is 10.1. The number of halogens is 1. The summed E-state index contributed by atoms with van der Waals surface area (Å²) in [6.45, 7) is 3.91. The fourth-order valence-corrected chi connectivity index (χ4v) is 6.19. The summed E-state index contributed by atoms with van der Waals surface area (Å²) in [7, 11) is -2.28. The van der Waals surface area contributed by atoms with Crippen molar-refractivity contribution in [3.63, 3.8) is 0 Å². The first-order valence-electron chi connectivity index (χ1n) is 9.50. The van der Waals surface area contributed by atoms with Gasteiger partial charge in [-0.3, -0.25) is 9.78 Å². The maximum absolute atomic E-state index is 13.4. The van der Waals surface area contributed by atoms with Gasteiger partial charge in [0.2, 0.25) is 5.91 Å². The zero-order chi connectivity index (χ0) is 21.2. The molecule has 1 aliphatic carbocycles. The van der Waals surface area contributed by atoms with Crippen LogP contribution in [0.25, 0.3) is 0 Å². The molecule has 1 aromatic carbocycles. The molecule has 1 aromatic heterocycles. The third kappa shape index (κ3) is 3.85. The number of carbonyl (C=O) groups excluding carboxylic acids is 1. The number of pyridine rings is 1. The van der Waals surface area contributed by atoms with Crippen LogP contribution in [0.3, 0.4) is 0 Å². The molecule has 3 rings (SSSR count). The van der Waals surface area contributed by atoms with E-state index in [9.17, 15) is 13.2 Å². The van der Waals surface area contributed by atoms with Gasteiger partial charge < -0.3 is 10.1 Å². The van der Waals surface area contributed by atoms with Crippen LogP contribution in [0.5, 0.6) is 5.75 Å². The van der Waals surface area contributed by atoms with Crippen LogP contribution in [-0.4, -0.2) is 31.2 Å². The number of benzene rings is 1. The maximum atomic E-state index is 13.4. The highest BCUT2D eigenvalue weighted by atomic mass is 35.5. The Morgan fingerprint density at radius 2 is 1.83 bits per heavy atom. The van der Waals surface area contributed by atoms with Crippen molar-refractivity contribution in [1.82, 2.24) is 10.3 Å². The van der Waals surface area contributed by atoms with E-state index in [-0.39, 0.29) is 11.4 Å². The van der Waals surface area contributed by atoms with Gasteiger partial charge in [0.1, 0.15) is 5.75 Å². The highest BCUT2D eigenvalue weighted by Gasteiger charge is 2.52. The summed E-state index contributed by atoms with van der Waals surface area (Å²) in [4.78, 5) is 17.7. The Bertz CT molecular complexity index is 1010. The molecular weight excluding hydrogens is 412 g/mol. The Morgan fingerprint density at radius 1 is 1.21 bits per heavy atom. The van der Waals surface area contributed by atoms with Crippen LogP contribution >= 0.6 is 11.6 Å². The monoisotopic (exact) mass is 436 g/mol. The average molecular weight is 437 g/mol. The van der Waals surface area contributed by atoms with Gasteiger partial charge in [-0.05, 0) is 51.0 Å². The molecule has 8 heteroatoms. The van der Waals surface area contributed by atoms with Crippen LogP contribution in [0.15, 0.2) is 35.4 Å². The lowest BCUT2D eigenvalue weighted by molar-refractivity contribution is -0.123. The molecule has 156 valence electrons. The standard InChI is InChI=1S/C21H25ClN2O4S/c1-14-12-23-18(15(2)19(14)28-3)13-24-20(25)21(10-4-5-11-21)29(26,27)17-8-6-16(22)7-9-17/h6-9,12H,4-5,10-11,13H2,1-3H3,(H,24,25). The van der Waals surface area contributed by atoms with E-state index in [4.69, 9.17) is 16.3 Å². The van der Waals surface area contributed by atoms with E-state index in [1.54, 1.807) is 13.3 Å². The van der Waals surface area contributed by atoms with E-state index in [2.05, 4.69) is 10.3 Å². The van der Waals surface area contributed by atoms with Crippen LogP contribution in [-0.2, 0) is 21.2 Å². The number of sulfone groups is 1. The fourth-order valence-electron chi connectivity index (χ4n) is 3.98. The topological polar surface area (TPSA) is 85.4 Å². The number of aryl methyl sites for hydroxylation is 1. The third-order valence-corrected chi connectivity index (χ3v) is 8.40. The van der Waals surface area contributed by atoms with Crippen molar-refractivity contribution in [2.45, 2.75) is 55.7 Å². The van der Waals surface area contributed by atoms with Crippen molar-refractivity contribution in [2.24, 2.45) is 0 Å². The second kappa shape index (κ2) is 8.32. The van der Waals surface area contributed by atoms with E-state index < -0.39 is 20.5 Å². The Labute approximate surface area is 176 Å². The normalized spacial score (nSPS) is 15.9. The molecule has 6 nitrogen and oxygen atoms in total. The first-order chi connectivity index (χ1) is 13.7. The molecule has 1 heterocycles. The minimum Gasteiger partial charge on any atom is -0.496 e. The molecular formula is C21H25ClN2O4S. The van der Waals surface area contributed by atoms with Crippen LogP contribution in [0.4, 0.5) is 0 Å². The van der Waals surface area contributed by atoms with Crippen LogP contribution in [0.1, 0.15) is 42.5 Å². The maximum Gasteiger partial charge on any atom is 0.242 e. The number of aromatic nitrogens is 1. The van der Waals surface area contributed by atoms with E-state index in [0.717, 1.165) is 11.1 Å². The number of ether oxygens (including phenoxy) is 1. The number of hydrogen-bond acceptors (Lipinski definition) is 5. The Morgan fingerprint density at radius 3 is 2.41 bits per heavy atom. The largest absolute Gasteiger partial charge is 0.496 e. The predicted molar refractivity (Wildman–Crippen MR) is 112 cm³/mol. The van der Waals surface area contributed by atoms with E-state index in [0.29, 0.717) is 42.1 Å². The van der Waals surface area contributed by atoms with Crippen LogP contribution in [0, 0.1) is 13.8 Å². The van der Waals surface area contributed by atoms with Gasteiger partial charge in [0, 0.05) is 22.3 Å². The quantitative estimate of drug-likeness (QED) is 0.745. The fraction of sp³-hybridized carbons (Fsp3) is 0.429. The molecule has 0 radical (unpaired) electrons. The number of amides is 1. The minimum atomic E-state index is -3.87. The van der Waals surface area contributed by atoms with Crippen LogP contribution < -0.4 is 10.1 Å². The average Bonchev–Trinajstić information content (AvgIpc) is 3.20. The molecule has 0 unspecified atom stereocenters. The van der Waals surface area contributed by atoms with Gasteiger partial charge in [-0.25, -0.2) is 8.42 Å². The molecule has 0 bridgehead atoms. The number of rotatable bonds is 6. The summed E-state index contributed by atoms with van der Waals surface area (Å²) < 4.78 is 30.7. The lowest BCUT2D eigenvalue weighted by Crippen LogP contribution is -2.50. The Balaban J connectivity index is 1.88. The van der Waals surface area contributed by atoms with Crippen molar-refractivity contribution in [3.05, 3.63) is 52.3 Å². The smallest absolute Gasteiger partial charge is 0.242 e. The molecule has 2 aromatic rings. The van der Waals surface area contributed by atoms with Crippen molar-refractivity contribution in [2.75, 3.05) is 7.11 Å². The van der Waals surface area contributed by atoms with Gasteiger partial charge in [-0.1, -0.05) is 24.4 Å². The molecule has 1 fully saturated rings. The van der Waals surface area contributed by atoms with Gasteiger partial charge in [-0.15, -0.1) is 0 Å². The van der Waals surface area contributed by atoms with Gasteiger partial charge in [0.05, 0.1) is 24.2 Å². The van der Waals surface area contributed by atoms with Crippen molar-refractivity contribution < 1.29 is 17.9 Å². The molecule has 0 spiro atoms. The summed E-state index contributed by atoms with van der Waals surface area (Å²) in [6, 6.07) is 5.98. The summed E-state index contributed by atoms with van der Waals surface area (Å²) in [5.41, 5.74) is 2.38. The first kappa shape index (κ1) is 21.6. The highest BCUT2D eigenvalue weighted by molar-refractivity contribution is 7.93. The number of methoxy groups -OCH3 is 1. The van der Waals surface area contributed by atoms with E-state index >= 15 is 0 Å². The molecule has 1 aliphatic rings. The van der Waals surface area contributed by atoms with Crippen molar-refractivity contribution in [3.8, 4) is 5.75 Å². The Hall–Kier alpha value is -2.12. The van der Waals surface area contributed by atoms with Gasteiger partial charge >= 0.3 is 0 Å². The van der Waals surface area contributed by atoms with Gasteiger partial charge in [0.15, 0.2) is 14.6 Å². The number of nitrogens with one attached hydrogen (secondary N) is 1. The van der Waals surface area contributed by atoms with E-state index in [1.807, 2.05) is 13.8 Å². The van der Waals surface area contributed by atoms with Crippen molar-refractivity contribution >= 4 is 27.3 Å². The zero-order valence-corrected chi connectivity index (χ0v) is 18.4. The molecule has 1 amide bonds. The van der Waals surface area contributed by atoms with Crippen molar-refractivity contribution in [1.29, 1.82) is 0 Å². The van der Waals surface area contributed by atoms with E-state index in [1.165, 1.54) is 24.3 Å². The van der Waals surface area contributed by atoms with Crippen LogP contribution in [0.2, 0.25) is 5.02 Å². The lowest BCUT2D eigenvalue weighted by Gasteiger charge is -2.28. The minimum absolute atomic E-state index is 0.116. The summed E-state index contributed by atoms with van der Waals surface area (Å²) >= 11 is 5.90. The molecule has 29 heavy (non-hydrogen) atoms.